The second kappa shape index (κ2) is 7.47. The molecule has 0 aromatic carbocycles. The maximum Gasteiger partial charge on any atom is 0.355 e. The zero-order chi connectivity index (χ0) is 16.1. The Bertz CT molecular complexity index is 503. The first-order valence-electron chi connectivity index (χ1n) is 8.01. The fourth-order valence-corrected chi connectivity index (χ4v) is 2.86. The minimum absolute atomic E-state index is 0.374. The van der Waals surface area contributed by atoms with Gasteiger partial charge in [-0.05, 0) is 38.0 Å². The third-order valence-electron chi connectivity index (χ3n) is 4.16. The van der Waals surface area contributed by atoms with Crippen molar-refractivity contribution in [2.75, 3.05) is 20.8 Å². The van der Waals surface area contributed by atoms with Crippen LogP contribution in [0, 0.1) is 5.92 Å². The average Bonchev–Trinajstić information content (AvgIpc) is 3.36. The maximum atomic E-state index is 12.4. The molecule has 0 unspecified atom stereocenters. The minimum Gasteiger partial charge on any atom is -0.466 e. The van der Waals surface area contributed by atoms with Crippen molar-refractivity contribution in [1.82, 2.24) is 4.90 Å². The summed E-state index contributed by atoms with van der Waals surface area (Å²) < 4.78 is 9.84. The lowest BCUT2D eigenvalue weighted by atomic mass is 10.1. The molecule has 0 radical (unpaired) electrons. The van der Waals surface area contributed by atoms with Crippen molar-refractivity contribution in [1.29, 1.82) is 0 Å². The zero-order valence-electron chi connectivity index (χ0n) is 13.7. The monoisotopic (exact) mass is 307 g/mol. The van der Waals surface area contributed by atoms with E-state index in [4.69, 9.17) is 9.47 Å². The summed E-state index contributed by atoms with van der Waals surface area (Å²) in [4.78, 5) is 26.5. The molecule has 0 N–H and O–H groups in total. The summed E-state index contributed by atoms with van der Waals surface area (Å²) in [6.45, 7) is 2.84. The Morgan fingerprint density at radius 3 is 2.45 bits per heavy atom. The van der Waals surface area contributed by atoms with Crippen LogP contribution < -0.4 is 0 Å². The van der Waals surface area contributed by atoms with E-state index in [2.05, 4.69) is 13.0 Å². The van der Waals surface area contributed by atoms with Crippen LogP contribution in [-0.4, -0.2) is 37.6 Å². The van der Waals surface area contributed by atoms with E-state index in [1.807, 2.05) is 4.90 Å². The standard InChI is InChI=1S/C17H25NO4/c1-4-5-11-18-14(12-9-10-12)8-6-7-13(16(19)21-2)15(18)17(20)22-3/h8,12H,4-7,9-11H2,1-3H3. The summed E-state index contributed by atoms with van der Waals surface area (Å²) in [7, 11) is 2.70. The molecule has 1 saturated carbocycles. The number of rotatable bonds is 6. The largest absolute Gasteiger partial charge is 0.466 e. The highest BCUT2D eigenvalue weighted by Crippen LogP contribution is 2.42. The summed E-state index contributed by atoms with van der Waals surface area (Å²) in [5.74, 6) is -0.384. The van der Waals surface area contributed by atoms with Gasteiger partial charge in [0.15, 0.2) is 0 Å². The SMILES string of the molecule is CCCCN1C(C2CC2)=CCCC(C(=O)OC)=C1C(=O)OC. The van der Waals surface area contributed by atoms with Crippen molar-refractivity contribution in [2.45, 2.75) is 45.4 Å². The highest BCUT2D eigenvalue weighted by atomic mass is 16.5. The minimum atomic E-state index is -0.454. The van der Waals surface area contributed by atoms with Crippen LogP contribution in [-0.2, 0) is 19.1 Å². The van der Waals surface area contributed by atoms with Gasteiger partial charge in [-0.1, -0.05) is 19.4 Å². The fraction of sp³-hybridized carbons (Fsp3) is 0.647. The van der Waals surface area contributed by atoms with Crippen LogP contribution in [0.25, 0.3) is 0 Å². The van der Waals surface area contributed by atoms with E-state index in [0.29, 0.717) is 23.6 Å². The van der Waals surface area contributed by atoms with E-state index < -0.39 is 11.9 Å². The lowest BCUT2D eigenvalue weighted by Gasteiger charge is -2.29. The van der Waals surface area contributed by atoms with Gasteiger partial charge in [0.2, 0.25) is 0 Å². The Balaban J connectivity index is 2.45. The van der Waals surface area contributed by atoms with E-state index in [1.165, 1.54) is 19.9 Å². The number of unbranched alkanes of at least 4 members (excludes halogenated alkanes) is 1. The Morgan fingerprint density at radius 1 is 1.23 bits per heavy atom. The molecular weight excluding hydrogens is 282 g/mol. The van der Waals surface area contributed by atoms with Gasteiger partial charge in [-0.25, -0.2) is 9.59 Å². The van der Waals surface area contributed by atoms with E-state index in [1.54, 1.807) is 0 Å². The van der Waals surface area contributed by atoms with Crippen LogP contribution in [0.4, 0.5) is 0 Å². The van der Waals surface area contributed by atoms with Gasteiger partial charge in [-0.3, -0.25) is 0 Å². The number of carbonyl (C=O) groups is 2. The number of carbonyl (C=O) groups excluding carboxylic acids is 2. The molecule has 0 amide bonds. The van der Waals surface area contributed by atoms with Gasteiger partial charge in [-0.2, -0.15) is 0 Å². The first-order valence-corrected chi connectivity index (χ1v) is 8.01. The van der Waals surface area contributed by atoms with Gasteiger partial charge >= 0.3 is 11.9 Å². The Morgan fingerprint density at radius 2 is 1.91 bits per heavy atom. The summed E-state index contributed by atoms with van der Waals surface area (Å²) in [6.07, 6.45) is 7.71. The van der Waals surface area contributed by atoms with Gasteiger partial charge in [0.05, 0.1) is 19.8 Å². The summed E-state index contributed by atoms with van der Waals surface area (Å²) in [5.41, 5.74) is 1.98. The zero-order valence-corrected chi connectivity index (χ0v) is 13.7. The molecule has 1 aliphatic heterocycles. The van der Waals surface area contributed by atoms with E-state index >= 15 is 0 Å². The topological polar surface area (TPSA) is 55.8 Å². The summed E-state index contributed by atoms with van der Waals surface area (Å²) >= 11 is 0. The fourth-order valence-electron chi connectivity index (χ4n) is 2.86. The Labute approximate surface area is 131 Å². The maximum absolute atomic E-state index is 12.4. The molecule has 0 aromatic heterocycles. The number of ether oxygens (including phenoxy) is 2. The number of methoxy groups -OCH3 is 2. The summed E-state index contributed by atoms with van der Waals surface area (Å²) in [6, 6.07) is 0. The van der Waals surface area contributed by atoms with Crippen LogP contribution in [0.2, 0.25) is 0 Å². The number of hydrogen-bond acceptors (Lipinski definition) is 5. The lowest BCUT2D eigenvalue weighted by Crippen LogP contribution is -2.32. The highest BCUT2D eigenvalue weighted by molar-refractivity contribution is 6.00. The third kappa shape index (κ3) is 3.51. The molecular formula is C17H25NO4. The van der Waals surface area contributed by atoms with Crippen molar-refractivity contribution in [2.24, 2.45) is 5.92 Å². The van der Waals surface area contributed by atoms with Gasteiger partial charge in [0.1, 0.15) is 5.70 Å². The quantitative estimate of drug-likeness (QED) is 0.706. The van der Waals surface area contributed by atoms with Gasteiger partial charge in [0, 0.05) is 12.2 Å². The van der Waals surface area contributed by atoms with Crippen molar-refractivity contribution in [3.63, 3.8) is 0 Å². The molecule has 1 fully saturated rings. The van der Waals surface area contributed by atoms with Crippen molar-refractivity contribution < 1.29 is 19.1 Å². The normalized spacial score (nSPS) is 18.7. The molecule has 0 saturated heterocycles. The average molecular weight is 307 g/mol. The Hall–Kier alpha value is -1.78. The molecule has 0 spiro atoms. The number of esters is 2. The smallest absolute Gasteiger partial charge is 0.355 e. The second-order valence-electron chi connectivity index (χ2n) is 5.76. The molecule has 5 heteroatoms. The number of nitrogens with zero attached hydrogens (tertiary/aromatic N) is 1. The van der Waals surface area contributed by atoms with Crippen molar-refractivity contribution in [3.8, 4) is 0 Å². The van der Waals surface area contributed by atoms with Crippen molar-refractivity contribution in [3.05, 3.63) is 23.0 Å². The molecule has 2 aliphatic rings. The predicted molar refractivity (Wildman–Crippen MR) is 82.7 cm³/mol. The molecule has 22 heavy (non-hydrogen) atoms. The Kier molecular flexibility index (Phi) is 5.63. The van der Waals surface area contributed by atoms with Gasteiger partial charge < -0.3 is 14.4 Å². The van der Waals surface area contributed by atoms with E-state index in [-0.39, 0.29) is 0 Å². The van der Waals surface area contributed by atoms with E-state index in [9.17, 15) is 9.59 Å². The van der Waals surface area contributed by atoms with Crippen LogP contribution in [0.1, 0.15) is 45.4 Å². The summed E-state index contributed by atoms with van der Waals surface area (Å²) in [5, 5.41) is 0. The third-order valence-corrected chi connectivity index (χ3v) is 4.16. The molecule has 1 aliphatic carbocycles. The molecule has 1 heterocycles. The van der Waals surface area contributed by atoms with Crippen LogP contribution >= 0.6 is 0 Å². The number of hydrogen-bond donors (Lipinski definition) is 0. The van der Waals surface area contributed by atoms with Crippen LogP contribution in [0.3, 0.4) is 0 Å². The van der Waals surface area contributed by atoms with Gasteiger partial charge in [0.25, 0.3) is 0 Å². The highest BCUT2D eigenvalue weighted by Gasteiger charge is 2.36. The molecule has 0 bridgehead atoms. The second-order valence-corrected chi connectivity index (χ2v) is 5.76. The molecule has 122 valence electrons. The first kappa shape index (κ1) is 16.6. The molecule has 0 atom stereocenters. The molecule has 5 nitrogen and oxygen atoms in total. The molecule has 0 aromatic rings. The number of allylic oxidation sites excluding steroid dienone is 2. The van der Waals surface area contributed by atoms with Crippen LogP contribution in [0.15, 0.2) is 23.0 Å². The molecule has 2 rings (SSSR count). The lowest BCUT2D eigenvalue weighted by molar-refractivity contribution is -0.140. The predicted octanol–water partition coefficient (Wildman–Crippen LogP) is 2.78. The van der Waals surface area contributed by atoms with Crippen molar-refractivity contribution >= 4 is 11.9 Å². The van der Waals surface area contributed by atoms with Crippen LogP contribution in [0.5, 0.6) is 0 Å². The van der Waals surface area contributed by atoms with E-state index in [0.717, 1.165) is 38.6 Å². The van der Waals surface area contributed by atoms with Gasteiger partial charge in [-0.15, -0.1) is 0 Å². The first-order chi connectivity index (χ1) is 10.6.